The molecule has 0 atom stereocenters. The second-order valence-electron chi connectivity index (χ2n) is 10.7. The van der Waals surface area contributed by atoms with E-state index in [0.29, 0.717) is 0 Å². The van der Waals surface area contributed by atoms with Gasteiger partial charge >= 0.3 is 0 Å². The number of aromatic nitrogens is 2. The van der Waals surface area contributed by atoms with Gasteiger partial charge in [0.1, 0.15) is 5.69 Å². The highest BCUT2D eigenvalue weighted by atomic mass is 16.5. The van der Waals surface area contributed by atoms with Crippen molar-refractivity contribution >= 4 is 60.7 Å². The molecule has 0 bridgehead atoms. The number of hydrogen-bond donors (Lipinski definition) is 1. The molecule has 0 spiro atoms. The van der Waals surface area contributed by atoms with Gasteiger partial charge in [-0.15, -0.1) is 0 Å². The van der Waals surface area contributed by atoms with Gasteiger partial charge < -0.3 is 19.0 Å². The van der Waals surface area contributed by atoms with Crippen LogP contribution in [0.25, 0.3) is 49.3 Å². The molecule has 8 aromatic rings. The minimum Gasteiger partial charge on any atom is -0.453 e. The third-order valence-electron chi connectivity index (χ3n) is 8.48. The smallest absolute Gasteiger partial charge is 0.179 e. The van der Waals surface area contributed by atoms with E-state index in [4.69, 9.17) is 9.47 Å². The molecule has 0 fully saturated rings. The number of para-hydroxylation sites is 6. The number of ether oxygens (including phenoxy) is 2. The first-order valence-corrected chi connectivity index (χ1v) is 13.8. The number of aromatic amines is 1. The van der Waals surface area contributed by atoms with Gasteiger partial charge in [0.25, 0.3) is 0 Å². The Morgan fingerprint density at radius 2 is 1.15 bits per heavy atom. The molecule has 6 aromatic carbocycles. The third kappa shape index (κ3) is 2.70. The van der Waals surface area contributed by atoms with Gasteiger partial charge in [0.05, 0.1) is 27.9 Å². The molecule has 2 aromatic heterocycles. The third-order valence-corrected chi connectivity index (χ3v) is 8.48. The Balaban J connectivity index is 1.27. The number of benzene rings is 6. The summed E-state index contributed by atoms with van der Waals surface area (Å²) >= 11 is 0. The molecule has 0 saturated heterocycles. The van der Waals surface area contributed by atoms with E-state index in [1.807, 2.05) is 36.4 Å². The highest BCUT2D eigenvalue weighted by Gasteiger charge is 2.36. The molecule has 0 aliphatic carbocycles. The van der Waals surface area contributed by atoms with Crippen LogP contribution in [-0.2, 0) is 0 Å². The minimum atomic E-state index is 0.778. The number of nitrogens with one attached hydrogen (secondary N) is 1. The molecular formula is C36H21N3O2. The summed E-state index contributed by atoms with van der Waals surface area (Å²) in [6.07, 6.45) is 0. The highest BCUT2D eigenvalue weighted by Crippen LogP contribution is 2.61. The Morgan fingerprint density at radius 3 is 1.88 bits per heavy atom. The maximum absolute atomic E-state index is 6.64. The fourth-order valence-corrected chi connectivity index (χ4v) is 6.74. The van der Waals surface area contributed by atoms with Gasteiger partial charge in [-0.25, -0.2) is 0 Å². The normalized spacial score (nSPS) is 13.2. The largest absolute Gasteiger partial charge is 0.453 e. The number of anilines is 3. The van der Waals surface area contributed by atoms with Crippen molar-refractivity contribution in [3.8, 4) is 28.7 Å². The summed E-state index contributed by atoms with van der Waals surface area (Å²) in [6, 6.07) is 42.4. The van der Waals surface area contributed by atoms with Crippen molar-refractivity contribution in [3.63, 3.8) is 0 Å². The quantitative estimate of drug-likeness (QED) is 0.231. The van der Waals surface area contributed by atoms with Crippen LogP contribution in [-0.4, -0.2) is 9.55 Å². The highest BCUT2D eigenvalue weighted by molar-refractivity contribution is 6.15. The molecule has 192 valence electrons. The lowest BCUT2D eigenvalue weighted by Gasteiger charge is -2.37. The van der Waals surface area contributed by atoms with Crippen LogP contribution in [0.15, 0.2) is 121 Å². The van der Waals surface area contributed by atoms with E-state index in [-0.39, 0.29) is 0 Å². The van der Waals surface area contributed by atoms with E-state index in [2.05, 4.69) is 99.4 Å². The van der Waals surface area contributed by atoms with Crippen molar-refractivity contribution < 1.29 is 9.47 Å². The SMILES string of the molecule is c1ccc2c(c1)Oc1cc3c([nH]c4ccc(-n5c6ccccc6c6ccccc65)cc43)c3c1N2c1ccccc1O3. The average Bonchev–Trinajstić information content (AvgIpc) is 3.56. The van der Waals surface area contributed by atoms with E-state index < -0.39 is 0 Å². The summed E-state index contributed by atoms with van der Waals surface area (Å²) in [4.78, 5) is 5.95. The molecule has 10 rings (SSSR count). The van der Waals surface area contributed by atoms with Crippen LogP contribution in [0.5, 0.6) is 23.0 Å². The second-order valence-corrected chi connectivity index (χ2v) is 10.7. The molecule has 2 aliphatic heterocycles. The van der Waals surface area contributed by atoms with Crippen molar-refractivity contribution in [2.24, 2.45) is 0 Å². The van der Waals surface area contributed by atoms with Crippen molar-refractivity contribution in [1.29, 1.82) is 0 Å². The molecule has 0 unspecified atom stereocenters. The predicted octanol–water partition coefficient (Wildman–Crippen LogP) is 10.1. The lowest BCUT2D eigenvalue weighted by Crippen LogP contribution is -2.20. The van der Waals surface area contributed by atoms with E-state index in [1.165, 1.54) is 21.8 Å². The minimum absolute atomic E-state index is 0.778. The molecule has 0 radical (unpaired) electrons. The van der Waals surface area contributed by atoms with Gasteiger partial charge in [0.15, 0.2) is 23.0 Å². The molecule has 4 heterocycles. The van der Waals surface area contributed by atoms with Crippen LogP contribution < -0.4 is 14.4 Å². The molecule has 5 heteroatoms. The number of fused-ring (bicyclic) bond motifs is 11. The van der Waals surface area contributed by atoms with E-state index in [1.54, 1.807) is 0 Å². The number of nitrogens with zero attached hydrogens (tertiary/aromatic N) is 2. The monoisotopic (exact) mass is 527 g/mol. The summed E-state index contributed by atoms with van der Waals surface area (Å²) in [5.74, 6) is 3.21. The average molecular weight is 528 g/mol. The summed E-state index contributed by atoms with van der Waals surface area (Å²) in [7, 11) is 0. The fraction of sp³-hybridized carbons (Fsp3) is 0. The zero-order chi connectivity index (χ0) is 26.7. The lowest BCUT2D eigenvalue weighted by molar-refractivity contribution is 0.449. The van der Waals surface area contributed by atoms with Crippen molar-refractivity contribution in [1.82, 2.24) is 9.55 Å². The number of H-pyrrole nitrogens is 1. The molecular weight excluding hydrogens is 506 g/mol. The zero-order valence-corrected chi connectivity index (χ0v) is 21.8. The fourth-order valence-electron chi connectivity index (χ4n) is 6.74. The van der Waals surface area contributed by atoms with E-state index in [9.17, 15) is 0 Å². The Bertz CT molecular complexity index is 2330. The molecule has 1 N–H and O–H groups in total. The molecule has 0 amide bonds. The van der Waals surface area contributed by atoms with E-state index >= 15 is 0 Å². The summed E-state index contributed by atoms with van der Waals surface area (Å²) in [5, 5.41) is 4.68. The molecule has 5 nitrogen and oxygen atoms in total. The van der Waals surface area contributed by atoms with Crippen molar-refractivity contribution in [2.45, 2.75) is 0 Å². The van der Waals surface area contributed by atoms with Crippen LogP contribution in [0.4, 0.5) is 17.1 Å². The van der Waals surface area contributed by atoms with E-state index in [0.717, 1.165) is 67.6 Å². The maximum atomic E-state index is 6.64. The second kappa shape index (κ2) is 7.49. The van der Waals surface area contributed by atoms with Crippen molar-refractivity contribution in [2.75, 3.05) is 4.90 Å². The van der Waals surface area contributed by atoms with Gasteiger partial charge in [0.2, 0.25) is 0 Å². The van der Waals surface area contributed by atoms with Gasteiger partial charge in [-0.2, -0.15) is 0 Å². The van der Waals surface area contributed by atoms with Crippen LogP contribution in [0.1, 0.15) is 0 Å². The van der Waals surface area contributed by atoms with Crippen LogP contribution in [0.2, 0.25) is 0 Å². The van der Waals surface area contributed by atoms with Gasteiger partial charge in [-0.05, 0) is 60.7 Å². The van der Waals surface area contributed by atoms with Crippen molar-refractivity contribution in [3.05, 3.63) is 121 Å². The van der Waals surface area contributed by atoms with Gasteiger partial charge in [-0.3, -0.25) is 4.90 Å². The van der Waals surface area contributed by atoms with Crippen LogP contribution >= 0.6 is 0 Å². The predicted molar refractivity (Wildman–Crippen MR) is 165 cm³/mol. The number of hydrogen-bond acceptors (Lipinski definition) is 3. The standard InChI is InChI=1S/C36H21N3O2/c1-3-11-27-22(9-1)23-10-2-4-12-28(23)38(27)21-17-18-26-24(19-21)25-20-33-35-36(34(25)37-26)41-32-16-8-6-14-30(32)39(35)29-13-5-7-15-31(29)40-33/h1-20,37H. The first kappa shape index (κ1) is 21.2. The first-order valence-electron chi connectivity index (χ1n) is 13.8. The van der Waals surface area contributed by atoms with Crippen LogP contribution in [0.3, 0.4) is 0 Å². The molecule has 41 heavy (non-hydrogen) atoms. The Morgan fingerprint density at radius 1 is 0.512 bits per heavy atom. The Hall–Kier alpha value is -5.68. The summed E-state index contributed by atoms with van der Waals surface area (Å²) < 4.78 is 15.5. The summed E-state index contributed by atoms with van der Waals surface area (Å²) in [5.41, 5.74) is 8.43. The number of rotatable bonds is 1. The molecule has 0 saturated carbocycles. The topological polar surface area (TPSA) is 42.4 Å². The van der Waals surface area contributed by atoms with Gasteiger partial charge in [0, 0.05) is 32.7 Å². The van der Waals surface area contributed by atoms with Crippen LogP contribution in [0, 0.1) is 0 Å². The van der Waals surface area contributed by atoms with Gasteiger partial charge in [-0.1, -0.05) is 60.7 Å². The lowest BCUT2D eigenvalue weighted by atomic mass is 10.0. The molecule has 2 aliphatic rings. The maximum Gasteiger partial charge on any atom is 0.179 e. The summed E-state index contributed by atoms with van der Waals surface area (Å²) in [6.45, 7) is 0. The first-order chi connectivity index (χ1) is 20.3. The Kier molecular flexibility index (Phi) is 3.87. The zero-order valence-electron chi connectivity index (χ0n) is 21.8. The Labute approximate surface area is 234 Å².